The molecule has 0 N–H and O–H groups in total. The summed E-state index contributed by atoms with van der Waals surface area (Å²) in [5.74, 6) is 2.81. The first-order valence-electron chi connectivity index (χ1n) is 12.4. The molecule has 2 aromatic rings. The Labute approximate surface area is 215 Å². The lowest BCUT2D eigenvalue weighted by molar-refractivity contribution is 0.0533. The number of aryl methyl sites for hydroxylation is 1. The minimum absolute atomic E-state index is 0.158. The van der Waals surface area contributed by atoms with Gasteiger partial charge in [-0.25, -0.2) is 24.0 Å². The highest BCUT2D eigenvalue weighted by atomic mass is 16.6. The number of amides is 1. The Morgan fingerprint density at radius 3 is 2.31 bits per heavy atom. The van der Waals surface area contributed by atoms with Crippen LogP contribution in [0.1, 0.15) is 78.5 Å². The monoisotopic (exact) mass is 493 g/mol. The van der Waals surface area contributed by atoms with Gasteiger partial charge in [-0.2, -0.15) is 0 Å². The number of rotatable bonds is 9. The van der Waals surface area contributed by atoms with Gasteiger partial charge < -0.3 is 9.47 Å². The number of hydrogen-bond donors (Lipinski definition) is 0. The minimum atomic E-state index is -0.721. The topological polar surface area (TPSA) is 73.7 Å². The fourth-order valence-electron chi connectivity index (χ4n) is 3.30. The summed E-state index contributed by atoms with van der Waals surface area (Å²) in [7, 11) is 0. The summed E-state index contributed by atoms with van der Waals surface area (Å²) in [6, 6.07) is 9.76. The third kappa shape index (κ3) is 9.99. The predicted molar refractivity (Wildman–Crippen MR) is 144 cm³/mol. The molecule has 2 rings (SSSR count). The van der Waals surface area contributed by atoms with E-state index in [1.54, 1.807) is 47.7 Å². The molecule has 7 heteroatoms. The Bertz CT molecular complexity index is 1070. The molecule has 0 aliphatic carbocycles. The van der Waals surface area contributed by atoms with Crippen molar-refractivity contribution in [3.63, 3.8) is 0 Å². The van der Waals surface area contributed by atoms with Gasteiger partial charge in [0.2, 0.25) is 5.95 Å². The van der Waals surface area contributed by atoms with E-state index in [9.17, 15) is 9.59 Å². The molecule has 0 saturated heterocycles. The van der Waals surface area contributed by atoms with Crippen LogP contribution in [0.15, 0.2) is 42.6 Å². The zero-order chi connectivity index (χ0) is 26.8. The van der Waals surface area contributed by atoms with Crippen molar-refractivity contribution in [1.29, 1.82) is 0 Å². The van der Waals surface area contributed by atoms with Gasteiger partial charge in [0, 0.05) is 12.6 Å². The van der Waals surface area contributed by atoms with Gasteiger partial charge in [-0.15, -0.1) is 12.3 Å². The molecule has 1 heterocycles. The number of imidazole rings is 1. The number of terminal acetylenes is 1. The predicted octanol–water partition coefficient (Wildman–Crippen LogP) is 6.86. The second-order valence-corrected chi connectivity index (χ2v) is 10.6. The SMILES string of the molecule is C#CCCCCCc1cn(C(=O)OC(C)(C)C)c(N(C/C=C/c2ccccc2)C(=O)OC(C)(C)C)n1. The maximum absolute atomic E-state index is 13.2. The molecule has 0 spiro atoms. The summed E-state index contributed by atoms with van der Waals surface area (Å²) in [5.41, 5.74) is 0.251. The molecule has 0 atom stereocenters. The van der Waals surface area contributed by atoms with Gasteiger partial charge in [-0.05, 0) is 66.4 Å². The van der Waals surface area contributed by atoms with Crippen LogP contribution in [0.4, 0.5) is 15.5 Å². The van der Waals surface area contributed by atoms with E-state index in [0.29, 0.717) is 12.1 Å². The maximum atomic E-state index is 13.2. The highest BCUT2D eigenvalue weighted by Crippen LogP contribution is 2.22. The maximum Gasteiger partial charge on any atom is 0.421 e. The van der Waals surface area contributed by atoms with Crippen molar-refractivity contribution in [2.24, 2.45) is 0 Å². The molecule has 0 fully saturated rings. The van der Waals surface area contributed by atoms with Gasteiger partial charge >= 0.3 is 12.2 Å². The number of hydrogen-bond acceptors (Lipinski definition) is 5. The highest BCUT2D eigenvalue weighted by Gasteiger charge is 2.30. The van der Waals surface area contributed by atoms with E-state index in [4.69, 9.17) is 15.9 Å². The van der Waals surface area contributed by atoms with Gasteiger partial charge in [-0.1, -0.05) is 48.9 Å². The fourth-order valence-corrected chi connectivity index (χ4v) is 3.30. The van der Waals surface area contributed by atoms with Crippen LogP contribution in [0, 0.1) is 12.3 Å². The average molecular weight is 494 g/mol. The van der Waals surface area contributed by atoms with Crippen LogP contribution in [0.25, 0.3) is 6.08 Å². The van der Waals surface area contributed by atoms with Crippen LogP contribution in [0.5, 0.6) is 0 Å². The third-order valence-electron chi connectivity index (χ3n) is 4.83. The molecule has 0 unspecified atom stereocenters. The molecule has 36 heavy (non-hydrogen) atoms. The van der Waals surface area contributed by atoms with Crippen LogP contribution >= 0.6 is 0 Å². The first kappa shape index (κ1) is 28.7. The first-order valence-corrected chi connectivity index (χ1v) is 12.4. The molecule has 1 aromatic heterocycles. The normalized spacial score (nSPS) is 11.8. The van der Waals surface area contributed by atoms with E-state index in [0.717, 1.165) is 31.2 Å². The Kier molecular flexibility index (Phi) is 10.3. The standard InChI is InChI=1S/C29H39N3O4/c1-8-9-10-11-15-20-24-22-32(27(34)36-29(5,6)7)25(30-24)31(26(33)35-28(2,3)4)21-16-19-23-17-13-12-14-18-23/h1,12-14,16-19,22H,9-11,15,20-21H2,2-7H3/b19-16+. The van der Waals surface area contributed by atoms with Crippen LogP contribution in [0.2, 0.25) is 0 Å². The zero-order valence-corrected chi connectivity index (χ0v) is 22.4. The first-order chi connectivity index (χ1) is 16.9. The number of carbonyl (C=O) groups excluding carboxylic acids is 2. The highest BCUT2D eigenvalue weighted by molar-refractivity contribution is 5.89. The summed E-state index contributed by atoms with van der Waals surface area (Å²) < 4.78 is 12.6. The van der Waals surface area contributed by atoms with E-state index in [1.165, 1.54) is 9.47 Å². The summed E-state index contributed by atoms with van der Waals surface area (Å²) >= 11 is 0. The van der Waals surface area contributed by atoms with Crippen molar-refractivity contribution >= 4 is 24.2 Å². The molecule has 7 nitrogen and oxygen atoms in total. The van der Waals surface area contributed by atoms with Gasteiger partial charge in [-0.3, -0.25) is 0 Å². The molecule has 0 saturated carbocycles. The van der Waals surface area contributed by atoms with E-state index in [1.807, 2.05) is 42.5 Å². The van der Waals surface area contributed by atoms with Crippen LogP contribution in [0.3, 0.4) is 0 Å². The number of anilines is 1. The molecular weight excluding hydrogens is 454 g/mol. The lowest BCUT2D eigenvalue weighted by Crippen LogP contribution is -2.39. The van der Waals surface area contributed by atoms with Crippen molar-refractivity contribution in [3.05, 3.63) is 53.9 Å². The summed E-state index contributed by atoms with van der Waals surface area (Å²) in [5, 5.41) is 0. The number of nitrogens with zero attached hydrogens (tertiary/aromatic N) is 3. The van der Waals surface area contributed by atoms with Gasteiger partial charge in [0.25, 0.3) is 0 Å². The number of carbonyl (C=O) groups is 2. The molecule has 0 aliphatic rings. The van der Waals surface area contributed by atoms with Crippen LogP contribution in [-0.4, -0.2) is 39.5 Å². The summed E-state index contributed by atoms with van der Waals surface area (Å²) in [6.45, 7) is 10.9. The fraction of sp³-hybridized carbons (Fsp3) is 0.483. The Morgan fingerprint density at radius 1 is 1.03 bits per heavy atom. The van der Waals surface area contributed by atoms with Crippen LogP contribution in [-0.2, 0) is 15.9 Å². The van der Waals surface area contributed by atoms with E-state index < -0.39 is 23.4 Å². The lowest BCUT2D eigenvalue weighted by Gasteiger charge is -2.27. The quantitative estimate of drug-likeness (QED) is 0.282. The number of ether oxygens (including phenoxy) is 2. The Morgan fingerprint density at radius 2 is 1.69 bits per heavy atom. The van der Waals surface area contributed by atoms with Crippen molar-refractivity contribution in [3.8, 4) is 12.3 Å². The molecule has 1 aromatic carbocycles. The Hall–Kier alpha value is -3.53. The third-order valence-corrected chi connectivity index (χ3v) is 4.83. The summed E-state index contributed by atoms with van der Waals surface area (Å²) in [6.07, 6.45) is 13.7. The van der Waals surface area contributed by atoms with Gasteiger partial charge in [0.05, 0.1) is 12.2 Å². The number of aromatic nitrogens is 2. The van der Waals surface area contributed by atoms with E-state index in [2.05, 4.69) is 10.9 Å². The molecule has 1 amide bonds. The number of benzene rings is 1. The second kappa shape index (κ2) is 13.0. The molecule has 194 valence electrons. The minimum Gasteiger partial charge on any atom is -0.443 e. The molecular formula is C29H39N3O4. The molecule has 0 bridgehead atoms. The zero-order valence-electron chi connectivity index (χ0n) is 22.4. The average Bonchev–Trinajstić information content (AvgIpc) is 3.19. The second-order valence-electron chi connectivity index (χ2n) is 10.6. The smallest absolute Gasteiger partial charge is 0.421 e. The van der Waals surface area contributed by atoms with E-state index >= 15 is 0 Å². The largest absolute Gasteiger partial charge is 0.443 e. The summed E-state index contributed by atoms with van der Waals surface area (Å²) in [4.78, 5) is 32.4. The Balaban J connectivity index is 2.40. The molecule has 0 aliphatic heterocycles. The van der Waals surface area contributed by atoms with Crippen LogP contribution < -0.4 is 4.90 Å². The van der Waals surface area contributed by atoms with E-state index in [-0.39, 0.29) is 12.5 Å². The van der Waals surface area contributed by atoms with Crippen molar-refractivity contribution in [2.75, 3.05) is 11.4 Å². The van der Waals surface area contributed by atoms with Crippen molar-refractivity contribution in [2.45, 2.75) is 84.8 Å². The number of unbranched alkanes of at least 4 members (excludes halogenated alkanes) is 3. The van der Waals surface area contributed by atoms with Crippen molar-refractivity contribution in [1.82, 2.24) is 9.55 Å². The van der Waals surface area contributed by atoms with Crippen molar-refractivity contribution < 1.29 is 19.1 Å². The molecule has 0 radical (unpaired) electrons. The van der Waals surface area contributed by atoms with Gasteiger partial charge in [0.15, 0.2) is 0 Å². The lowest BCUT2D eigenvalue weighted by atomic mass is 10.1. The van der Waals surface area contributed by atoms with Gasteiger partial charge in [0.1, 0.15) is 11.2 Å².